The second-order valence-corrected chi connectivity index (χ2v) is 4.28. The number of hydrogen-bond acceptors (Lipinski definition) is 4. The van der Waals surface area contributed by atoms with Crippen molar-refractivity contribution in [2.45, 2.75) is 25.8 Å². The maximum atomic E-state index is 8.92. The van der Waals surface area contributed by atoms with Gasteiger partial charge < -0.3 is 10.4 Å². The van der Waals surface area contributed by atoms with Gasteiger partial charge in [-0.3, -0.25) is 0 Å². The lowest BCUT2D eigenvalue weighted by atomic mass is 10.2. The number of nitrogens with zero attached hydrogens (tertiary/aromatic N) is 3. The fraction of sp³-hybridized carbons (Fsp3) is 0.455. The summed E-state index contributed by atoms with van der Waals surface area (Å²) in [6.45, 7) is 2.21. The van der Waals surface area contributed by atoms with E-state index in [2.05, 4.69) is 22.3 Å². The number of halogens is 1. The number of aliphatic hydroxyl groups is 1. The lowest BCUT2D eigenvalue weighted by Crippen LogP contribution is -2.20. The van der Waals surface area contributed by atoms with Gasteiger partial charge in [0.1, 0.15) is 0 Å². The van der Waals surface area contributed by atoms with Crippen LogP contribution in [0.3, 0.4) is 0 Å². The zero-order valence-electron chi connectivity index (χ0n) is 9.60. The summed E-state index contributed by atoms with van der Waals surface area (Å²) in [6, 6.07) is 3.78. The smallest absolute Gasteiger partial charge is 0.243 e. The SMILES string of the molecule is CCC(CCO)Nc1nc2ccc(Cl)cn2n1. The van der Waals surface area contributed by atoms with Crippen molar-refractivity contribution in [1.29, 1.82) is 0 Å². The van der Waals surface area contributed by atoms with Crippen LogP contribution >= 0.6 is 11.6 Å². The predicted molar refractivity (Wildman–Crippen MR) is 67.4 cm³/mol. The third-order valence-corrected chi connectivity index (χ3v) is 2.82. The van der Waals surface area contributed by atoms with Crippen molar-refractivity contribution in [2.75, 3.05) is 11.9 Å². The number of aromatic nitrogens is 3. The van der Waals surface area contributed by atoms with E-state index in [1.165, 1.54) is 0 Å². The molecule has 2 rings (SSSR count). The van der Waals surface area contributed by atoms with Crippen LogP contribution in [-0.2, 0) is 0 Å². The summed E-state index contributed by atoms with van der Waals surface area (Å²) < 4.78 is 1.64. The Hall–Kier alpha value is -1.33. The molecule has 6 heteroatoms. The van der Waals surface area contributed by atoms with Crippen LogP contribution in [0.15, 0.2) is 18.3 Å². The third-order valence-electron chi connectivity index (χ3n) is 2.60. The van der Waals surface area contributed by atoms with Crippen molar-refractivity contribution in [1.82, 2.24) is 14.6 Å². The van der Waals surface area contributed by atoms with E-state index in [1.807, 2.05) is 6.07 Å². The number of hydrogen-bond donors (Lipinski definition) is 2. The molecule has 2 aromatic rings. The predicted octanol–water partition coefficient (Wildman–Crippen LogP) is 1.96. The largest absolute Gasteiger partial charge is 0.396 e. The Labute approximate surface area is 104 Å². The normalized spacial score (nSPS) is 12.9. The molecule has 17 heavy (non-hydrogen) atoms. The standard InChI is InChI=1S/C11H15ClN4O/c1-2-9(5-6-17)13-11-14-10-4-3-8(12)7-16(10)15-11/h3-4,7,9,17H,2,5-6H2,1H3,(H,13,15). The molecule has 0 amide bonds. The highest BCUT2D eigenvalue weighted by molar-refractivity contribution is 6.30. The minimum absolute atomic E-state index is 0.157. The fourth-order valence-electron chi connectivity index (χ4n) is 1.64. The molecule has 0 bridgehead atoms. The van der Waals surface area contributed by atoms with E-state index in [9.17, 15) is 0 Å². The van der Waals surface area contributed by atoms with Gasteiger partial charge in [0, 0.05) is 18.8 Å². The highest BCUT2D eigenvalue weighted by Gasteiger charge is 2.09. The number of fused-ring (bicyclic) bond motifs is 1. The molecule has 0 aliphatic heterocycles. The van der Waals surface area contributed by atoms with Crippen molar-refractivity contribution in [3.05, 3.63) is 23.4 Å². The molecule has 1 unspecified atom stereocenters. The Morgan fingerprint density at radius 1 is 1.53 bits per heavy atom. The number of aliphatic hydroxyl groups excluding tert-OH is 1. The molecule has 0 radical (unpaired) electrons. The number of anilines is 1. The van der Waals surface area contributed by atoms with Crippen molar-refractivity contribution in [3.8, 4) is 0 Å². The first-order valence-corrected chi connectivity index (χ1v) is 6.00. The molecule has 0 fully saturated rings. The van der Waals surface area contributed by atoms with Gasteiger partial charge in [0.05, 0.1) is 5.02 Å². The van der Waals surface area contributed by atoms with E-state index in [0.29, 0.717) is 17.4 Å². The van der Waals surface area contributed by atoms with Gasteiger partial charge in [-0.25, -0.2) is 4.52 Å². The summed E-state index contributed by atoms with van der Waals surface area (Å²) in [5, 5.41) is 17.0. The Morgan fingerprint density at radius 2 is 2.35 bits per heavy atom. The van der Waals surface area contributed by atoms with E-state index in [0.717, 1.165) is 12.1 Å². The van der Waals surface area contributed by atoms with Crippen LogP contribution in [0.25, 0.3) is 5.65 Å². The van der Waals surface area contributed by atoms with Gasteiger partial charge in [-0.2, -0.15) is 4.98 Å². The van der Waals surface area contributed by atoms with Gasteiger partial charge in [0.2, 0.25) is 5.95 Å². The van der Waals surface area contributed by atoms with E-state index in [4.69, 9.17) is 16.7 Å². The summed E-state index contributed by atoms with van der Waals surface area (Å²) in [6.07, 6.45) is 3.31. The maximum absolute atomic E-state index is 8.92. The highest BCUT2D eigenvalue weighted by Crippen LogP contribution is 2.13. The van der Waals surface area contributed by atoms with Crippen molar-refractivity contribution < 1.29 is 5.11 Å². The summed E-state index contributed by atoms with van der Waals surface area (Å²) in [5.41, 5.74) is 0.746. The van der Waals surface area contributed by atoms with Crippen LogP contribution in [0.2, 0.25) is 5.02 Å². The first-order chi connectivity index (χ1) is 8.22. The van der Waals surface area contributed by atoms with Crippen molar-refractivity contribution in [2.24, 2.45) is 0 Å². The number of nitrogens with one attached hydrogen (secondary N) is 1. The van der Waals surface area contributed by atoms with Crippen LogP contribution in [0.1, 0.15) is 19.8 Å². The summed E-state index contributed by atoms with van der Waals surface area (Å²) in [5.74, 6) is 0.563. The lowest BCUT2D eigenvalue weighted by molar-refractivity contribution is 0.278. The Kier molecular flexibility index (Phi) is 3.81. The molecule has 5 nitrogen and oxygen atoms in total. The van der Waals surface area contributed by atoms with Crippen LogP contribution in [0.4, 0.5) is 5.95 Å². The molecular formula is C11H15ClN4O. The Bertz CT molecular complexity index is 499. The summed E-state index contributed by atoms with van der Waals surface area (Å²) in [7, 11) is 0. The Balaban J connectivity index is 2.18. The summed E-state index contributed by atoms with van der Waals surface area (Å²) in [4.78, 5) is 4.32. The van der Waals surface area contributed by atoms with Gasteiger partial charge in [0.15, 0.2) is 5.65 Å². The van der Waals surface area contributed by atoms with Gasteiger partial charge in [-0.15, -0.1) is 5.10 Å². The molecule has 0 saturated carbocycles. The van der Waals surface area contributed by atoms with Gasteiger partial charge in [0.25, 0.3) is 0 Å². The molecule has 92 valence electrons. The third kappa shape index (κ3) is 2.87. The van der Waals surface area contributed by atoms with Crippen LogP contribution < -0.4 is 5.32 Å². The summed E-state index contributed by atoms with van der Waals surface area (Å²) >= 11 is 5.87. The van der Waals surface area contributed by atoms with Crippen LogP contribution in [0.5, 0.6) is 0 Å². The van der Waals surface area contributed by atoms with E-state index in [1.54, 1.807) is 16.8 Å². The number of rotatable bonds is 5. The molecule has 0 aliphatic carbocycles. The molecular weight excluding hydrogens is 240 g/mol. The van der Waals surface area contributed by atoms with Gasteiger partial charge in [-0.05, 0) is 25.0 Å². The molecule has 0 aromatic carbocycles. The number of pyridine rings is 1. The molecule has 2 aromatic heterocycles. The minimum atomic E-state index is 0.157. The van der Waals surface area contributed by atoms with Crippen LogP contribution in [-0.4, -0.2) is 32.4 Å². The zero-order valence-corrected chi connectivity index (χ0v) is 10.4. The highest BCUT2D eigenvalue weighted by atomic mass is 35.5. The average Bonchev–Trinajstić information content (AvgIpc) is 2.69. The fourth-order valence-corrected chi connectivity index (χ4v) is 1.79. The molecule has 0 spiro atoms. The second kappa shape index (κ2) is 5.33. The van der Waals surface area contributed by atoms with E-state index < -0.39 is 0 Å². The molecule has 0 aliphatic rings. The van der Waals surface area contributed by atoms with E-state index in [-0.39, 0.29) is 12.6 Å². The average molecular weight is 255 g/mol. The quantitative estimate of drug-likeness (QED) is 0.856. The Morgan fingerprint density at radius 3 is 3.06 bits per heavy atom. The van der Waals surface area contributed by atoms with Crippen molar-refractivity contribution >= 4 is 23.2 Å². The van der Waals surface area contributed by atoms with E-state index >= 15 is 0 Å². The van der Waals surface area contributed by atoms with Crippen LogP contribution in [0, 0.1) is 0 Å². The molecule has 2 N–H and O–H groups in total. The lowest BCUT2D eigenvalue weighted by Gasteiger charge is -2.13. The second-order valence-electron chi connectivity index (χ2n) is 3.85. The first-order valence-electron chi connectivity index (χ1n) is 5.62. The topological polar surface area (TPSA) is 62.5 Å². The van der Waals surface area contributed by atoms with Crippen molar-refractivity contribution in [3.63, 3.8) is 0 Å². The van der Waals surface area contributed by atoms with Gasteiger partial charge in [-0.1, -0.05) is 18.5 Å². The van der Waals surface area contributed by atoms with Gasteiger partial charge >= 0.3 is 0 Å². The maximum Gasteiger partial charge on any atom is 0.243 e. The molecule has 1 atom stereocenters. The zero-order chi connectivity index (χ0) is 12.3. The molecule has 0 saturated heterocycles. The molecule has 2 heterocycles. The first kappa shape index (κ1) is 12.1. The minimum Gasteiger partial charge on any atom is -0.396 e. The monoisotopic (exact) mass is 254 g/mol.